The molecule has 0 fully saturated rings. The SMILES string of the molecule is COC(=O)c1cc2c(-c3ccccc3Cl)n[nH]c2nc1Oc1ccc(F)cc1F. The van der Waals surface area contributed by atoms with Gasteiger partial charge in [-0.3, -0.25) is 5.10 Å². The largest absolute Gasteiger partial charge is 0.465 e. The van der Waals surface area contributed by atoms with Crippen LogP contribution >= 0.6 is 11.6 Å². The fourth-order valence-electron chi connectivity index (χ4n) is 2.79. The van der Waals surface area contributed by atoms with Crippen LogP contribution in [-0.2, 0) is 4.74 Å². The zero-order valence-corrected chi connectivity index (χ0v) is 15.6. The van der Waals surface area contributed by atoms with Crippen LogP contribution in [0.3, 0.4) is 0 Å². The number of fused-ring (bicyclic) bond motifs is 1. The second kappa shape index (κ2) is 7.48. The van der Waals surface area contributed by atoms with Crippen LogP contribution in [0.15, 0.2) is 48.5 Å². The van der Waals surface area contributed by atoms with E-state index in [0.717, 1.165) is 12.1 Å². The van der Waals surface area contributed by atoms with Crippen LogP contribution in [0.2, 0.25) is 5.02 Å². The van der Waals surface area contributed by atoms with Gasteiger partial charge in [-0.1, -0.05) is 29.8 Å². The van der Waals surface area contributed by atoms with Gasteiger partial charge in [0.2, 0.25) is 5.88 Å². The summed E-state index contributed by atoms with van der Waals surface area (Å²) in [6.07, 6.45) is 0. The Morgan fingerprint density at radius 3 is 2.66 bits per heavy atom. The third-order valence-corrected chi connectivity index (χ3v) is 4.48. The molecule has 1 N–H and O–H groups in total. The number of hydrogen-bond acceptors (Lipinski definition) is 5. The predicted octanol–water partition coefficient (Wildman–Crippen LogP) is 5.14. The molecular formula is C20H12ClF2N3O3. The minimum absolute atomic E-state index is 0.0570. The van der Waals surface area contributed by atoms with Crippen molar-refractivity contribution in [2.24, 2.45) is 0 Å². The van der Waals surface area contributed by atoms with Crippen LogP contribution in [0.5, 0.6) is 11.6 Å². The number of aromatic nitrogens is 3. The fourth-order valence-corrected chi connectivity index (χ4v) is 3.01. The zero-order chi connectivity index (χ0) is 20.5. The van der Waals surface area contributed by atoms with Crippen molar-refractivity contribution in [1.29, 1.82) is 0 Å². The van der Waals surface area contributed by atoms with Crippen molar-refractivity contribution in [1.82, 2.24) is 15.2 Å². The highest BCUT2D eigenvalue weighted by Crippen LogP contribution is 2.35. The molecule has 9 heteroatoms. The Balaban J connectivity index is 1.87. The van der Waals surface area contributed by atoms with Crippen LogP contribution in [0, 0.1) is 11.6 Å². The van der Waals surface area contributed by atoms with Crippen molar-refractivity contribution in [2.45, 2.75) is 0 Å². The topological polar surface area (TPSA) is 77.1 Å². The van der Waals surface area contributed by atoms with Gasteiger partial charge in [-0.2, -0.15) is 10.1 Å². The van der Waals surface area contributed by atoms with Gasteiger partial charge < -0.3 is 9.47 Å². The van der Waals surface area contributed by atoms with Gasteiger partial charge in [-0.25, -0.2) is 13.6 Å². The zero-order valence-electron chi connectivity index (χ0n) is 14.9. The first kappa shape index (κ1) is 18.8. The molecule has 0 saturated carbocycles. The molecule has 0 bridgehead atoms. The smallest absolute Gasteiger partial charge is 0.343 e. The predicted molar refractivity (Wildman–Crippen MR) is 102 cm³/mol. The van der Waals surface area contributed by atoms with E-state index in [-0.39, 0.29) is 22.8 Å². The first-order valence-electron chi connectivity index (χ1n) is 8.33. The molecule has 2 aromatic heterocycles. The Labute approximate surface area is 168 Å². The van der Waals surface area contributed by atoms with Gasteiger partial charge in [0.25, 0.3) is 0 Å². The van der Waals surface area contributed by atoms with Crippen LogP contribution in [0.25, 0.3) is 22.3 Å². The number of esters is 1. The van der Waals surface area contributed by atoms with Crippen LogP contribution < -0.4 is 4.74 Å². The molecule has 6 nitrogen and oxygen atoms in total. The molecule has 4 rings (SSSR count). The van der Waals surface area contributed by atoms with Crippen molar-refractivity contribution in [2.75, 3.05) is 7.11 Å². The quantitative estimate of drug-likeness (QED) is 0.467. The van der Waals surface area contributed by atoms with E-state index in [0.29, 0.717) is 27.7 Å². The Bertz CT molecular complexity index is 1240. The monoisotopic (exact) mass is 415 g/mol. The van der Waals surface area contributed by atoms with E-state index in [1.165, 1.54) is 13.2 Å². The van der Waals surface area contributed by atoms with E-state index in [1.807, 2.05) is 0 Å². The van der Waals surface area contributed by atoms with E-state index in [4.69, 9.17) is 21.1 Å². The number of H-pyrrole nitrogens is 1. The molecule has 0 atom stereocenters. The van der Waals surface area contributed by atoms with Gasteiger partial charge in [-0.15, -0.1) is 0 Å². The van der Waals surface area contributed by atoms with Crippen molar-refractivity contribution >= 4 is 28.6 Å². The number of benzene rings is 2. The maximum Gasteiger partial charge on any atom is 0.343 e. The summed E-state index contributed by atoms with van der Waals surface area (Å²) in [5, 5.41) is 7.93. The average molecular weight is 416 g/mol. The summed E-state index contributed by atoms with van der Waals surface area (Å²) in [4.78, 5) is 16.5. The maximum absolute atomic E-state index is 14.0. The Morgan fingerprint density at radius 1 is 1.14 bits per heavy atom. The summed E-state index contributed by atoms with van der Waals surface area (Å²) in [6, 6.07) is 11.3. The number of methoxy groups -OCH3 is 1. The third kappa shape index (κ3) is 3.50. The lowest BCUT2D eigenvalue weighted by atomic mass is 10.1. The Hall–Kier alpha value is -3.52. The summed E-state index contributed by atoms with van der Waals surface area (Å²) >= 11 is 6.25. The molecule has 29 heavy (non-hydrogen) atoms. The van der Waals surface area contributed by atoms with Crippen LogP contribution in [0.1, 0.15) is 10.4 Å². The van der Waals surface area contributed by atoms with E-state index >= 15 is 0 Å². The fraction of sp³-hybridized carbons (Fsp3) is 0.0500. The molecule has 0 radical (unpaired) electrons. The number of halogens is 3. The number of nitrogens with zero attached hydrogens (tertiary/aromatic N) is 2. The van der Waals surface area contributed by atoms with Crippen LogP contribution in [-0.4, -0.2) is 28.3 Å². The third-order valence-electron chi connectivity index (χ3n) is 4.15. The van der Waals surface area contributed by atoms with Crippen LogP contribution in [0.4, 0.5) is 8.78 Å². The number of ether oxygens (including phenoxy) is 2. The van der Waals surface area contributed by atoms with Gasteiger partial charge in [0.1, 0.15) is 17.1 Å². The second-order valence-electron chi connectivity index (χ2n) is 5.96. The molecule has 0 unspecified atom stereocenters. The highest BCUT2D eigenvalue weighted by Gasteiger charge is 2.22. The number of rotatable bonds is 4. The molecule has 2 aromatic carbocycles. The number of pyridine rings is 1. The van der Waals surface area contributed by atoms with Crippen molar-refractivity contribution < 1.29 is 23.0 Å². The van der Waals surface area contributed by atoms with Gasteiger partial charge in [0.05, 0.1) is 12.1 Å². The van der Waals surface area contributed by atoms with E-state index in [2.05, 4.69) is 15.2 Å². The number of carbonyl (C=O) groups is 1. The average Bonchev–Trinajstić information content (AvgIpc) is 3.12. The van der Waals surface area contributed by atoms with Gasteiger partial charge in [0, 0.05) is 17.0 Å². The van der Waals surface area contributed by atoms with E-state index < -0.39 is 17.6 Å². The molecule has 0 amide bonds. The lowest BCUT2D eigenvalue weighted by molar-refractivity contribution is 0.0597. The molecule has 0 spiro atoms. The summed E-state index contributed by atoms with van der Waals surface area (Å²) < 4.78 is 37.4. The first-order valence-corrected chi connectivity index (χ1v) is 8.71. The summed E-state index contributed by atoms with van der Waals surface area (Å²) in [7, 11) is 1.19. The van der Waals surface area contributed by atoms with Gasteiger partial charge in [-0.05, 0) is 24.3 Å². The Kier molecular flexibility index (Phi) is 4.85. The summed E-state index contributed by atoms with van der Waals surface area (Å²) in [6.45, 7) is 0. The maximum atomic E-state index is 14.0. The molecule has 0 saturated heterocycles. The first-order chi connectivity index (χ1) is 14.0. The van der Waals surface area contributed by atoms with Crippen molar-refractivity contribution in [3.8, 4) is 22.9 Å². The molecule has 2 heterocycles. The minimum atomic E-state index is -0.941. The molecule has 0 aliphatic carbocycles. The number of carbonyl (C=O) groups excluding carboxylic acids is 1. The summed E-state index contributed by atoms with van der Waals surface area (Å²) in [5.41, 5.74) is 1.34. The minimum Gasteiger partial charge on any atom is -0.465 e. The molecular weight excluding hydrogens is 404 g/mol. The van der Waals surface area contributed by atoms with E-state index in [1.54, 1.807) is 24.3 Å². The van der Waals surface area contributed by atoms with Crippen molar-refractivity contribution in [3.63, 3.8) is 0 Å². The number of hydrogen-bond donors (Lipinski definition) is 1. The normalized spacial score (nSPS) is 10.9. The molecule has 0 aliphatic rings. The van der Waals surface area contributed by atoms with Gasteiger partial charge in [0.15, 0.2) is 17.2 Å². The summed E-state index contributed by atoms with van der Waals surface area (Å²) in [5.74, 6) is -2.96. The molecule has 146 valence electrons. The lowest BCUT2D eigenvalue weighted by Gasteiger charge is -2.10. The van der Waals surface area contributed by atoms with E-state index in [9.17, 15) is 13.6 Å². The second-order valence-corrected chi connectivity index (χ2v) is 6.36. The number of nitrogens with one attached hydrogen (secondary N) is 1. The lowest BCUT2D eigenvalue weighted by Crippen LogP contribution is -2.06. The Morgan fingerprint density at radius 2 is 1.93 bits per heavy atom. The molecule has 0 aliphatic heterocycles. The standard InChI is InChI=1S/C20H12ClF2N3O3/c1-28-20(27)13-9-12-17(11-4-2-3-5-14(11)21)25-26-18(12)24-19(13)29-16-7-6-10(22)8-15(16)23/h2-9H,1H3,(H,24,25,26). The molecule has 4 aromatic rings. The van der Waals surface area contributed by atoms with Gasteiger partial charge >= 0.3 is 5.97 Å². The highest BCUT2D eigenvalue weighted by molar-refractivity contribution is 6.33. The highest BCUT2D eigenvalue weighted by atomic mass is 35.5. The van der Waals surface area contributed by atoms with Crippen molar-refractivity contribution in [3.05, 3.63) is 70.8 Å². The number of aromatic amines is 1.